The number of benzene rings is 1. The first-order chi connectivity index (χ1) is 10.2. The van der Waals surface area contributed by atoms with Gasteiger partial charge >= 0.3 is 33.9 Å². The molecule has 0 bridgehead atoms. The Kier molecular flexibility index (Phi) is 18.0. The Labute approximate surface area is 141 Å². The number of rotatable bonds is 2. The van der Waals surface area contributed by atoms with Crippen molar-refractivity contribution in [2.24, 2.45) is 0 Å². The predicted octanol–water partition coefficient (Wildman–Crippen LogP) is 2.94. The molecule has 2 rings (SSSR count). The van der Waals surface area contributed by atoms with Crippen LogP contribution in [0.5, 0.6) is 11.5 Å². The van der Waals surface area contributed by atoms with Gasteiger partial charge in [-0.05, 0) is 43.0 Å². The molecule has 0 aromatic heterocycles. The third-order valence-electron chi connectivity index (χ3n) is 2.84. The van der Waals surface area contributed by atoms with E-state index >= 15 is 0 Å². The summed E-state index contributed by atoms with van der Waals surface area (Å²) >= 11 is 0. The third-order valence-corrected chi connectivity index (χ3v) is 2.84. The molecule has 0 amide bonds. The summed E-state index contributed by atoms with van der Waals surface area (Å²) in [4.78, 5) is 0. The maximum atomic E-state index is 7.50. The number of fused-ring (bicyclic) bond motifs is 1. The van der Waals surface area contributed by atoms with E-state index in [-0.39, 0.29) is 17.4 Å². The van der Waals surface area contributed by atoms with Crippen LogP contribution in [0.1, 0.15) is 24.5 Å². The van der Waals surface area contributed by atoms with Crippen molar-refractivity contribution in [2.75, 3.05) is 14.2 Å². The van der Waals surface area contributed by atoms with Crippen LogP contribution in [0.3, 0.4) is 0 Å². The largest absolute Gasteiger partial charge is 0 e. The van der Waals surface area contributed by atoms with E-state index in [4.69, 9.17) is 23.4 Å². The van der Waals surface area contributed by atoms with E-state index in [0.717, 1.165) is 24.3 Å². The summed E-state index contributed by atoms with van der Waals surface area (Å²) in [6.07, 6.45) is 4.46. The Balaban J connectivity index is -0.000000463. The monoisotopic (exact) mass is 340 g/mol. The van der Waals surface area contributed by atoms with Gasteiger partial charge in [0.1, 0.15) is 0 Å². The van der Waals surface area contributed by atoms with Crippen LogP contribution in [0.15, 0.2) is 17.7 Å². The van der Waals surface area contributed by atoms with Gasteiger partial charge in [0.05, 0.1) is 14.2 Å². The first kappa shape index (κ1) is 25.3. The maximum absolute atomic E-state index is 7.50. The average Bonchev–Trinajstić information content (AvgIpc) is 2.59. The van der Waals surface area contributed by atoms with Crippen LogP contribution in [0, 0.1) is 20.0 Å². The quantitative estimate of drug-likeness (QED) is 0.613. The minimum Gasteiger partial charge on any atom is 0 e. The Bertz CT molecular complexity index is 515. The minimum absolute atomic E-state index is 0. The molecule has 1 aliphatic rings. The van der Waals surface area contributed by atoms with Crippen LogP contribution >= 0.6 is 0 Å². The van der Waals surface area contributed by atoms with E-state index in [9.17, 15) is 0 Å². The number of methoxy groups -OCH3 is 2. The Morgan fingerprint density at radius 1 is 0.864 bits per heavy atom. The van der Waals surface area contributed by atoms with Gasteiger partial charge in [0.15, 0.2) is 11.5 Å². The summed E-state index contributed by atoms with van der Waals surface area (Å²) in [5.74, 6) is 1.63. The van der Waals surface area contributed by atoms with Crippen LogP contribution in [0.2, 0.25) is 0 Å². The van der Waals surface area contributed by atoms with Gasteiger partial charge in [-0.1, -0.05) is 11.6 Å². The second kappa shape index (κ2) is 15.7. The van der Waals surface area contributed by atoms with Crippen molar-refractivity contribution in [2.45, 2.75) is 19.8 Å². The molecule has 0 saturated carbocycles. The first-order valence-electron chi connectivity index (χ1n) is 5.78. The Morgan fingerprint density at radius 3 is 1.77 bits per heavy atom. The van der Waals surface area contributed by atoms with E-state index in [1.807, 2.05) is 0 Å². The number of allylic oxidation sites excluding steroid dienone is 1. The maximum Gasteiger partial charge on any atom is 0 e. The average molecular weight is 340 g/mol. The SMILES string of the molecule is COc1cc2c(cc1OC)CCC(C)=C2.[C-]#[O+].[C-]#[O+].[C-]#[O+].[Cr]. The van der Waals surface area contributed by atoms with E-state index in [0.29, 0.717) is 0 Å². The van der Waals surface area contributed by atoms with Crippen LogP contribution < -0.4 is 9.47 Å². The summed E-state index contributed by atoms with van der Waals surface area (Å²) in [6, 6.07) is 4.13. The fraction of sp³-hybridized carbons (Fsp3) is 0.312. The molecule has 0 spiro atoms. The third kappa shape index (κ3) is 7.36. The molecule has 6 heteroatoms. The molecular formula is C16H16CrO5. The molecule has 1 aromatic carbocycles. The molecule has 0 atom stereocenters. The zero-order valence-corrected chi connectivity index (χ0v) is 13.9. The van der Waals surface area contributed by atoms with Gasteiger partial charge in [0.25, 0.3) is 0 Å². The van der Waals surface area contributed by atoms with Gasteiger partial charge in [-0.15, -0.1) is 0 Å². The Morgan fingerprint density at radius 2 is 1.32 bits per heavy atom. The molecule has 1 aliphatic carbocycles. The van der Waals surface area contributed by atoms with Gasteiger partial charge in [-0.25, -0.2) is 0 Å². The predicted molar refractivity (Wildman–Crippen MR) is 73.3 cm³/mol. The molecule has 0 unspecified atom stereocenters. The number of hydrogen-bond donors (Lipinski definition) is 0. The molecule has 22 heavy (non-hydrogen) atoms. The number of aryl methyl sites for hydroxylation is 1. The molecule has 116 valence electrons. The summed E-state index contributed by atoms with van der Waals surface area (Å²) in [5, 5.41) is 0. The van der Waals surface area contributed by atoms with Gasteiger partial charge in [-0.2, -0.15) is 0 Å². The minimum atomic E-state index is 0. The molecule has 0 saturated heterocycles. The summed E-state index contributed by atoms with van der Waals surface area (Å²) in [6.45, 7) is 15.7. The fourth-order valence-electron chi connectivity index (χ4n) is 1.96. The first-order valence-corrected chi connectivity index (χ1v) is 5.78. The molecule has 0 N–H and O–H groups in total. The van der Waals surface area contributed by atoms with Crippen LogP contribution in [0.4, 0.5) is 0 Å². The summed E-state index contributed by atoms with van der Waals surface area (Å²) in [7, 11) is 3.35. The molecule has 1 aromatic rings. The fourth-order valence-corrected chi connectivity index (χ4v) is 1.96. The second-order valence-corrected chi connectivity index (χ2v) is 3.90. The zero-order chi connectivity index (χ0) is 16.8. The number of hydrogen-bond acceptors (Lipinski definition) is 2. The van der Waals surface area contributed by atoms with Gasteiger partial charge in [0.2, 0.25) is 0 Å². The second-order valence-electron chi connectivity index (χ2n) is 3.90. The number of ether oxygens (including phenoxy) is 2. The van der Waals surface area contributed by atoms with E-state index < -0.39 is 0 Å². The van der Waals surface area contributed by atoms with Crippen LogP contribution in [-0.2, 0) is 37.7 Å². The molecule has 0 heterocycles. The topological polar surface area (TPSA) is 78.2 Å². The van der Waals surface area contributed by atoms with Crippen molar-refractivity contribution in [1.29, 1.82) is 0 Å². The van der Waals surface area contributed by atoms with Gasteiger partial charge in [-0.3, -0.25) is 0 Å². The van der Waals surface area contributed by atoms with E-state index in [1.165, 1.54) is 16.7 Å². The van der Waals surface area contributed by atoms with Gasteiger partial charge in [0, 0.05) is 17.4 Å². The zero-order valence-electron chi connectivity index (χ0n) is 12.6. The van der Waals surface area contributed by atoms with E-state index in [1.54, 1.807) is 14.2 Å². The van der Waals surface area contributed by atoms with Crippen LogP contribution in [0.25, 0.3) is 6.08 Å². The molecular weight excluding hydrogens is 324 g/mol. The van der Waals surface area contributed by atoms with Crippen molar-refractivity contribution in [1.82, 2.24) is 0 Å². The summed E-state index contributed by atoms with van der Waals surface area (Å²) in [5.41, 5.74) is 4.03. The van der Waals surface area contributed by atoms with Gasteiger partial charge < -0.3 is 9.47 Å². The van der Waals surface area contributed by atoms with E-state index in [2.05, 4.69) is 45.1 Å². The summed E-state index contributed by atoms with van der Waals surface area (Å²) < 4.78 is 33.1. The molecule has 0 fully saturated rings. The normalized spacial score (nSPS) is 9.95. The van der Waals surface area contributed by atoms with Crippen molar-refractivity contribution in [3.63, 3.8) is 0 Å². The van der Waals surface area contributed by atoms with Crippen molar-refractivity contribution in [3.8, 4) is 11.5 Å². The van der Waals surface area contributed by atoms with Crippen molar-refractivity contribution < 1.29 is 40.8 Å². The van der Waals surface area contributed by atoms with Crippen molar-refractivity contribution >= 4 is 6.08 Å². The molecule has 5 nitrogen and oxygen atoms in total. The molecule has 0 aliphatic heterocycles. The van der Waals surface area contributed by atoms with Crippen LogP contribution in [-0.4, -0.2) is 14.2 Å². The smallest absolute Gasteiger partial charge is 0 e. The Hall–Kier alpha value is -1.69. The standard InChI is InChI=1S/C13H16O2.3CO.Cr/c1-9-4-5-10-7-12(14-2)13(15-3)8-11(10)6-9;3*1-2;/h6-8H,4-5H2,1-3H3;;;;. The van der Waals surface area contributed by atoms with Crippen molar-refractivity contribution in [3.05, 3.63) is 48.8 Å². The molecule has 0 radical (unpaired) electrons.